The Balaban J connectivity index is 2.64. The molecule has 1 aliphatic heterocycles. The van der Waals surface area contributed by atoms with E-state index in [1.165, 1.54) is 16.7 Å². The summed E-state index contributed by atoms with van der Waals surface area (Å²) in [5.74, 6) is -0.801. The minimum Gasteiger partial charge on any atom is -0.480 e. The van der Waals surface area contributed by atoms with Crippen LogP contribution in [0.4, 0.5) is 5.69 Å². The molecule has 1 N–H and O–H groups in total. The van der Waals surface area contributed by atoms with Crippen LogP contribution in [0.25, 0.3) is 5.57 Å². The highest BCUT2D eigenvalue weighted by molar-refractivity contribution is 5.85. The summed E-state index contributed by atoms with van der Waals surface area (Å²) < 4.78 is 0. The molecule has 19 heavy (non-hydrogen) atoms. The fraction of sp³-hybridized carbons (Fsp3) is 0.438. The molecule has 0 aliphatic carbocycles. The summed E-state index contributed by atoms with van der Waals surface area (Å²) in [6.07, 6.45) is 2.15. The van der Waals surface area contributed by atoms with Crippen molar-refractivity contribution in [2.75, 3.05) is 11.4 Å². The van der Waals surface area contributed by atoms with Crippen molar-refractivity contribution in [2.24, 2.45) is 0 Å². The first-order valence-corrected chi connectivity index (χ1v) is 6.53. The van der Waals surface area contributed by atoms with E-state index in [-0.39, 0.29) is 12.1 Å². The molecule has 1 aromatic carbocycles. The Labute approximate surface area is 114 Å². The molecule has 2 rings (SSSR count). The standard InChI is InChI=1S/C16H21NO2/c1-10-6-13-12(3)8-16(4,5)17(9-15(18)19)14(13)7-11(10)2/h6-8H,9H2,1-5H3,(H,18,19). The molecule has 3 nitrogen and oxygen atoms in total. The van der Waals surface area contributed by atoms with Crippen molar-refractivity contribution >= 4 is 17.2 Å². The molecule has 1 heterocycles. The molecule has 0 bridgehead atoms. The first-order valence-electron chi connectivity index (χ1n) is 6.53. The number of hydrogen-bond donors (Lipinski definition) is 1. The molecule has 0 radical (unpaired) electrons. The van der Waals surface area contributed by atoms with Gasteiger partial charge in [0.2, 0.25) is 0 Å². The summed E-state index contributed by atoms with van der Waals surface area (Å²) in [6.45, 7) is 10.4. The van der Waals surface area contributed by atoms with Crippen LogP contribution in [0.15, 0.2) is 18.2 Å². The molecule has 0 atom stereocenters. The number of aryl methyl sites for hydroxylation is 2. The molecule has 0 saturated heterocycles. The Kier molecular flexibility index (Phi) is 3.17. The van der Waals surface area contributed by atoms with Gasteiger partial charge in [0.15, 0.2) is 0 Å². The SMILES string of the molecule is CC1=CC(C)(C)N(CC(=O)O)c2cc(C)c(C)cc21. The highest BCUT2D eigenvalue weighted by Crippen LogP contribution is 2.39. The van der Waals surface area contributed by atoms with E-state index in [1.807, 2.05) is 4.90 Å². The van der Waals surface area contributed by atoms with Crippen LogP contribution in [-0.4, -0.2) is 23.2 Å². The number of benzene rings is 1. The molecule has 0 amide bonds. The smallest absolute Gasteiger partial charge is 0.323 e. The van der Waals surface area contributed by atoms with E-state index in [0.29, 0.717) is 0 Å². The van der Waals surface area contributed by atoms with Crippen molar-refractivity contribution in [3.8, 4) is 0 Å². The maximum atomic E-state index is 11.1. The molecular weight excluding hydrogens is 238 g/mol. The summed E-state index contributed by atoms with van der Waals surface area (Å²) in [6, 6.07) is 4.26. The van der Waals surface area contributed by atoms with Crippen LogP contribution in [0.1, 0.15) is 37.5 Å². The Morgan fingerprint density at radius 3 is 2.37 bits per heavy atom. The average molecular weight is 259 g/mol. The molecule has 1 aromatic rings. The Morgan fingerprint density at radius 1 is 1.21 bits per heavy atom. The van der Waals surface area contributed by atoms with E-state index < -0.39 is 5.97 Å². The van der Waals surface area contributed by atoms with Gasteiger partial charge in [-0.2, -0.15) is 0 Å². The van der Waals surface area contributed by atoms with E-state index in [0.717, 1.165) is 11.3 Å². The predicted molar refractivity (Wildman–Crippen MR) is 78.6 cm³/mol. The second kappa shape index (κ2) is 4.41. The van der Waals surface area contributed by atoms with Crippen LogP contribution in [0.3, 0.4) is 0 Å². The summed E-state index contributed by atoms with van der Waals surface area (Å²) in [7, 11) is 0. The fourth-order valence-corrected chi connectivity index (χ4v) is 2.76. The van der Waals surface area contributed by atoms with Gasteiger partial charge in [0.1, 0.15) is 6.54 Å². The number of rotatable bonds is 2. The van der Waals surface area contributed by atoms with Gasteiger partial charge in [-0.1, -0.05) is 6.08 Å². The second-order valence-corrected chi connectivity index (χ2v) is 5.91. The lowest BCUT2D eigenvalue weighted by Gasteiger charge is -2.42. The second-order valence-electron chi connectivity index (χ2n) is 5.91. The number of carbonyl (C=O) groups is 1. The molecule has 0 unspecified atom stereocenters. The van der Waals surface area contributed by atoms with Crippen molar-refractivity contribution in [1.29, 1.82) is 0 Å². The monoisotopic (exact) mass is 259 g/mol. The number of allylic oxidation sites excluding steroid dienone is 1. The summed E-state index contributed by atoms with van der Waals surface area (Å²) >= 11 is 0. The minimum absolute atomic E-state index is 0.0201. The number of carboxylic acid groups (broad SMARTS) is 1. The third-order valence-corrected chi connectivity index (χ3v) is 3.89. The fourth-order valence-electron chi connectivity index (χ4n) is 2.76. The number of hydrogen-bond acceptors (Lipinski definition) is 2. The van der Waals surface area contributed by atoms with Crippen molar-refractivity contribution < 1.29 is 9.90 Å². The van der Waals surface area contributed by atoms with Gasteiger partial charge in [-0.3, -0.25) is 4.79 Å². The molecule has 0 aromatic heterocycles. The lowest BCUT2D eigenvalue weighted by atomic mass is 9.87. The van der Waals surface area contributed by atoms with E-state index in [1.54, 1.807) is 0 Å². The number of fused-ring (bicyclic) bond motifs is 1. The van der Waals surface area contributed by atoms with Crippen LogP contribution in [0.5, 0.6) is 0 Å². The normalized spacial score (nSPS) is 16.9. The first-order chi connectivity index (χ1) is 8.72. The van der Waals surface area contributed by atoms with Crippen LogP contribution < -0.4 is 4.90 Å². The van der Waals surface area contributed by atoms with E-state index in [9.17, 15) is 4.79 Å². The topological polar surface area (TPSA) is 40.5 Å². The Bertz CT molecular complexity index is 570. The third kappa shape index (κ3) is 2.37. The molecule has 0 spiro atoms. The van der Waals surface area contributed by atoms with Crippen LogP contribution in [0, 0.1) is 13.8 Å². The largest absolute Gasteiger partial charge is 0.480 e. The van der Waals surface area contributed by atoms with E-state index >= 15 is 0 Å². The number of aliphatic carboxylic acids is 1. The molecular formula is C16H21NO2. The maximum Gasteiger partial charge on any atom is 0.323 e. The van der Waals surface area contributed by atoms with Crippen molar-refractivity contribution in [2.45, 2.75) is 40.2 Å². The van der Waals surface area contributed by atoms with Gasteiger partial charge >= 0.3 is 5.97 Å². The number of carboxylic acids is 1. The zero-order chi connectivity index (χ0) is 14.4. The molecule has 0 fully saturated rings. The van der Waals surface area contributed by atoms with Crippen LogP contribution in [-0.2, 0) is 4.79 Å². The van der Waals surface area contributed by atoms with Gasteiger partial charge in [-0.15, -0.1) is 0 Å². The van der Waals surface area contributed by atoms with Crippen LogP contribution >= 0.6 is 0 Å². The summed E-state index contributed by atoms with van der Waals surface area (Å²) in [5, 5.41) is 9.15. The summed E-state index contributed by atoms with van der Waals surface area (Å²) in [4.78, 5) is 13.1. The summed E-state index contributed by atoms with van der Waals surface area (Å²) in [5.41, 5.74) is 5.53. The highest BCUT2D eigenvalue weighted by atomic mass is 16.4. The molecule has 102 valence electrons. The third-order valence-electron chi connectivity index (χ3n) is 3.89. The quantitative estimate of drug-likeness (QED) is 0.885. The van der Waals surface area contributed by atoms with Crippen molar-refractivity contribution in [3.05, 3.63) is 34.9 Å². The minimum atomic E-state index is -0.801. The molecule has 1 aliphatic rings. The lowest BCUT2D eigenvalue weighted by molar-refractivity contribution is -0.135. The molecule has 3 heteroatoms. The van der Waals surface area contributed by atoms with Gasteiger partial charge < -0.3 is 10.0 Å². The van der Waals surface area contributed by atoms with E-state index in [2.05, 4.69) is 52.8 Å². The zero-order valence-corrected chi connectivity index (χ0v) is 12.2. The van der Waals surface area contributed by atoms with Crippen molar-refractivity contribution in [3.63, 3.8) is 0 Å². The maximum absolute atomic E-state index is 11.1. The number of anilines is 1. The van der Waals surface area contributed by atoms with Gasteiger partial charge in [0.05, 0.1) is 5.54 Å². The first kappa shape index (κ1) is 13.7. The van der Waals surface area contributed by atoms with Crippen LogP contribution in [0.2, 0.25) is 0 Å². The Morgan fingerprint density at radius 2 is 1.79 bits per heavy atom. The average Bonchev–Trinajstić information content (AvgIpc) is 2.26. The van der Waals surface area contributed by atoms with Gasteiger partial charge in [-0.25, -0.2) is 0 Å². The highest BCUT2D eigenvalue weighted by Gasteiger charge is 2.32. The molecule has 0 saturated carbocycles. The van der Waals surface area contributed by atoms with Crippen molar-refractivity contribution in [1.82, 2.24) is 0 Å². The zero-order valence-electron chi connectivity index (χ0n) is 12.2. The lowest BCUT2D eigenvalue weighted by Crippen LogP contribution is -2.47. The van der Waals surface area contributed by atoms with Gasteiger partial charge in [0, 0.05) is 11.3 Å². The number of nitrogens with zero attached hydrogens (tertiary/aromatic N) is 1. The predicted octanol–water partition coefficient (Wildman–Crippen LogP) is 3.39. The van der Waals surface area contributed by atoms with Gasteiger partial charge in [0.25, 0.3) is 0 Å². The Hall–Kier alpha value is -1.77. The van der Waals surface area contributed by atoms with E-state index in [4.69, 9.17) is 5.11 Å². The van der Waals surface area contributed by atoms with Gasteiger partial charge in [-0.05, 0) is 63.5 Å².